The van der Waals surface area contributed by atoms with E-state index < -0.39 is 0 Å². The van der Waals surface area contributed by atoms with Crippen molar-refractivity contribution in [1.29, 1.82) is 0 Å². The third-order valence-electron chi connectivity index (χ3n) is 2.47. The van der Waals surface area contributed by atoms with E-state index in [-0.39, 0.29) is 0 Å². The minimum Gasteiger partial charge on any atom is -0.495 e. The number of aromatic nitrogens is 2. The van der Waals surface area contributed by atoms with Crippen molar-refractivity contribution in [1.82, 2.24) is 9.97 Å². The van der Waals surface area contributed by atoms with Crippen molar-refractivity contribution in [3.63, 3.8) is 0 Å². The van der Waals surface area contributed by atoms with Gasteiger partial charge in [-0.2, -0.15) is 0 Å². The number of benzene rings is 1. The van der Waals surface area contributed by atoms with Gasteiger partial charge < -0.3 is 10.5 Å². The zero-order valence-electron chi connectivity index (χ0n) is 9.03. The van der Waals surface area contributed by atoms with Crippen LogP contribution in [0.1, 0.15) is 11.4 Å². The number of rotatable bonds is 1. The molecule has 0 aliphatic carbocycles. The zero-order chi connectivity index (χ0) is 11.0. The maximum absolute atomic E-state index is 5.92. The quantitative estimate of drug-likeness (QED) is 0.718. The first kappa shape index (κ1) is 9.71. The predicted octanol–water partition coefficient (Wildman–Crippen LogP) is 1.84. The Hall–Kier alpha value is -1.84. The minimum atomic E-state index is 0.547. The molecule has 1 aromatic heterocycles. The van der Waals surface area contributed by atoms with E-state index in [0.717, 1.165) is 16.9 Å². The van der Waals surface area contributed by atoms with Crippen molar-refractivity contribution in [2.24, 2.45) is 0 Å². The molecular formula is C11H13N3O. The number of methoxy groups -OCH3 is 1. The lowest BCUT2D eigenvalue weighted by atomic mass is 10.2. The van der Waals surface area contributed by atoms with Crippen LogP contribution in [0.25, 0.3) is 11.0 Å². The number of nitrogen functional groups attached to an aromatic ring is 1. The molecule has 0 saturated carbocycles. The molecule has 0 unspecified atom stereocenters. The van der Waals surface area contributed by atoms with Crippen LogP contribution in [0.4, 0.5) is 5.69 Å². The molecule has 4 nitrogen and oxygen atoms in total. The van der Waals surface area contributed by atoms with E-state index >= 15 is 0 Å². The first-order valence-electron chi connectivity index (χ1n) is 4.71. The lowest BCUT2D eigenvalue weighted by Gasteiger charge is -2.08. The van der Waals surface area contributed by atoms with Gasteiger partial charge in [-0.1, -0.05) is 0 Å². The molecule has 0 radical (unpaired) electrons. The number of nitrogens with zero attached hydrogens (tertiary/aromatic N) is 2. The van der Waals surface area contributed by atoms with Crippen molar-refractivity contribution < 1.29 is 4.74 Å². The molecule has 0 aliphatic heterocycles. The third-order valence-corrected chi connectivity index (χ3v) is 2.47. The van der Waals surface area contributed by atoms with Crippen LogP contribution in [0.3, 0.4) is 0 Å². The van der Waals surface area contributed by atoms with Crippen LogP contribution in [-0.4, -0.2) is 17.1 Å². The average molecular weight is 203 g/mol. The van der Waals surface area contributed by atoms with Crippen molar-refractivity contribution in [3.05, 3.63) is 23.5 Å². The van der Waals surface area contributed by atoms with Gasteiger partial charge in [-0.3, -0.25) is 0 Å². The van der Waals surface area contributed by atoms with E-state index in [0.29, 0.717) is 17.0 Å². The van der Waals surface area contributed by atoms with E-state index in [1.54, 1.807) is 13.2 Å². The van der Waals surface area contributed by atoms with Crippen molar-refractivity contribution in [2.75, 3.05) is 12.8 Å². The van der Waals surface area contributed by atoms with Crippen LogP contribution < -0.4 is 10.5 Å². The van der Waals surface area contributed by atoms with Gasteiger partial charge in [-0.25, -0.2) is 9.97 Å². The molecule has 4 heteroatoms. The second-order valence-electron chi connectivity index (χ2n) is 3.44. The number of hydrogen-bond donors (Lipinski definition) is 1. The molecule has 2 aromatic rings. The molecule has 1 heterocycles. The number of hydrogen-bond acceptors (Lipinski definition) is 4. The Kier molecular flexibility index (Phi) is 2.19. The molecular weight excluding hydrogens is 190 g/mol. The van der Waals surface area contributed by atoms with Gasteiger partial charge in [0.1, 0.15) is 17.0 Å². The highest BCUT2D eigenvalue weighted by Gasteiger charge is 2.08. The predicted molar refractivity (Wildman–Crippen MR) is 60.0 cm³/mol. The first-order valence-corrected chi connectivity index (χ1v) is 4.71. The Balaban J connectivity index is 2.81. The molecule has 1 aromatic carbocycles. The molecule has 0 fully saturated rings. The second kappa shape index (κ2) is 3.38. The number of fused-ring (bicyclic) bond motifs is 1. The molecule has 0 amide bonds. The maximum atomic E-state index is 5.92. The molecule has 0 atom stereocenters. The van der Waals surface area contributed by atoms with Crippen molar-refractivity contribution in [3.8, 4) is 5.75 Å². The fourth-order valence-corrected chi connectivity index (χ4v) is 1.47. The second-order valence-corrected chi connectivity index (χ2v) is 3.44. The smallest absolute Gasteiger partial charge is 0.144 e. The van der Waals surface area contributed by atoms with Crippen molar-refractivity contribution in [2.45, 2.75) is 13.8 Å². The zero-order valence-corrected chi connectivity index (χ0v) is 9.03. The summed E-state index contributed by atoms with van der Waals surface area (Å²) in [6.07, 6.45) is 0. The van der Waals surface area contributed by atoms with Crippen LogP contribution in [0.15, 0.2) is 12.1 Å². The van der Waals surface area contributed by atoms with Crippen LogP contribution in [0.5, 0.6) is 5.75 Å². The van der Waals surface area contributed by atoms with Crippen LogP contribution in [-0.2, 0) is 0 Å². The average Bonchev–Trinajstić information content (AvgIpc) is 2.22. The molecule has 2 N–H and O–H groups in total. The van der Waals surface area contributed by atoms with Gasteiger partial charge in [0.25, 0.3) is 0 Å². The van der Waals surface area contributed by atoms with Crippen LogP contribution >= 0.6 is 0 Å². The van der Waals surface area contributed by atoms with E-state index in [1.807, 2.05) is 19.9 Å². The number of nitrogens with two attached hydrogens (primary N) is 1. The Morgan fingerprint density at radius 3 is 2.47 bits per heavy atom. The lowest BCUT2D eigenvalue weighted by molar-refractivity contribution is 0.417. The monoisotopic (exact) mass is 203 g/mol. The van der Waals surface area contributed by atoms with Gasteiger partial charge >= 0.3 is 0 Å². The summed E-state index contributed by atoms with van der Waals surface area (Å²) < 4.78 is 5.13. The number of anilines is 1. The van der Waals surface area contributed by atoms with E-state index in [9.17, 15) is 0 Å². The molecule has 0 spiro atoms. The summed E-state index contributed by atoms with van der Waals surface area (Å²) in [4.78, 5) is 8.83. The topological polar surface area (TPSA) is 61.0 Å². The summed E-state index contributed by atoms with van der Waals surface area (Å²) in [5.41, 5.74) is 9.79. The summed E-state index contributed by atoms with van der Waals surface area (Å²) in [5, 5.41) is 0. The van der Waals surface area contributed by atoms with Gasteiger partial charge in [0, 0.05) is 0 Å². The van der Waals surface area contributed by atoms with Gasteiger partial charge in [-0.15, -0.1) is 0 Å². The molecule has 78 valence electrons. The van der Waals surface area contributed by atoms with Gasteiger partial charge in [-0.05, 0) is 26.0 Å². The summed E-state index contributed by atoms with van der Waals surface area (Å²) in [5.74, 6) is 0.639. The Morgan fingerprint density at radius 1 is 1.13 bits per heavy atom. The fraction of sp³-hybridized carbons (Fsp3) is 0.273. The number of ether oxygens (including phenoxy) is 1. The van der Waals surface area contributed by atoms with Crippen molar-refractivity contribution >= 4 is 16.7 Å². The third kappa shape index (κ3) is 1.48. The molecule has 2 rings (SSSR count). The van der Waals surface area contributed by atoms with E-state index in [1.165, 1.54) is 0 Å². The minimum absolute atomic E-state index is 0.547. The van der Waals surface area contributed by atoms with Crippen LogP contribution in [0, 0.1) is 13.8 Å². The molecule has 0 bridgehead atoms. The van der Waals surface area contributed by atoms with E-state index in [2.05, 4.69) is 9.97 Å². The summed E-state index contributed by atoms with van der Waals surface area (Å²) >= 11 is 0. The Bertz CT molecular complexity index is 523. The van der Waals surface area contributed by atoms with Gasteiger partial charge in [0.15, 0.2) is 0 Å². The molecule has 0 aliphatic rings. The Morgan fingerprint density at radius 2 is 1.80 bits per heavy atom. The SMILES string of the molecule is COc1ccc2nc(C)c(C)nc2c1N. The summed E-state index contributed by atoms with van der Waals surface area (Å²) in [7, 11) is 1.59. The first-order chi connectivity index (χ1) is 7.13. The normalized spacial score (nSPS) is 10.6. The van der Waals surface area contributed by atoms with E-state index in [4.69, 9.17) is 10.5 Å². The summed E-state index contributed by atoms with van der Waals surface area (Å²) in [6, 6.07) is 3.67. The largest absolute Gasteiger partial charge is 0.495 e. The lowest BCUT2D eigenvalue weighted by Crippen LogP contribution is -1.99. The highest BCUT2D eigenvalue weighted by atomic mass is 16.5. The fourth-order valence-electron chi connectivity index (χ4n) is 1.47. The highest BCUT2D eigenvalue weighted by Crippen LogP contribution is 2.28. The Labute approximate surface area is 88.1 Å². The maximum Gasteiger partial charge on any atom is 0.144 e. The van der Waals surface area contributed by atoms with Gasteiger partial charge in [0.05, 0.1) is 24.0 Å². The van der Waals surface area contributed by atoms with Gasteiger partial charge in [0.2, 0.25) is 0 Å². The molecule has 15 heavy (non-hydrogen) atoms. The molecule has 0 saturated heterocycles. The standard InChI is InChI=1S/C11H13N3O/c1-6-7(2)14-11-8(13-6)4-5-9(15-3)10(11)12/h4-5H,12H2,1-3H3. The number of aryl methyl sites for hydroxylation is 2. The summed E-state index contributed by atoms with van der Waals surface area (Å²) in [6.45, 7) is 3.85. The van der Waals surface area contributed by atoms with Crippen LogP contribution in [0.2, 0.25) is 0 Å². The highest BCUT2D eigenvalue weighted by molar-refractivity contribution is 5.90.